The predicted molar refractivity (Wildman–Crippen MR) is 109 cm³/mol. The minimum Gasteiger partial charge on any atom is -0.497 e. The van der Waals surface area contributed by atoms with Crippen molar-refractivity contribution in [3.05, 3.63) is 51.4 Å². The molecule has 0 atom stereocenters. The molecule has 3 rings (SSSR count). The van der Waals surface area contributed by atoms with Gasteiger partial charge < -0.3 is 9.47 Å². The average Bonchev–Trinajstić information content (AvgIpc) is 3.14. The zero-order chi connectivity index (χ0) is 20.1. The maximum Gasteiger partial charge on any atom is 0.262 e. The van der Waals surface area contributed by atoms with Crippen molar-refractivity contribution in [3.63, 3.8) is 0 Å². The van der Waals surface area contributed by atoms with Gasteiger partial charge in [0.1, 0.15) is 22.9 Å². The number of thiophene rings is 1. The summed E-state index contributed by atoms with van der Waals surface area (Å²) in [5.74, 6) is 0.794. The van der Waals surface area contributed by atoms with Crippen LogP contribution < -0.4 is 20.5 Å². The van der Waals surface area contributed by atoms with Crippen molar-refractivity contribution in [1.29, 1.82) is 0 Å². The van der Waals surface area contributed by atoms with Crippen molar-refractivity contribution in [1.82, 2.24) is 15.0 Å². The van der Waals surface area contributed by atoms with Gasteiger partial charge in [-0.3, -0.25) is 14.2 Å². The Hall–Kier alpha value is -3.20. The summed E-state index contributed by atoms with van der Waals surface area (Å²) in [6.07, 6.45) is 3.67. The first-order valence-corrected chi connectivity index (χ1v) is 9.39. The first kappa shape index (κ1) is 19.6. The van der Waals surface area contributed by atoms with Crippen LogP contribution in [0, 0.1) is 0 Å². The Bertz CT molecular complexity index is 1090. The Labute approximate surface area is 165 Å². The smallest absolute Gasteiger partial charge is 0.262 e. The second kappa shape index (κ2) is 8.66. The lowest BCUT2D eigenvalue weighted by Gasteiger charge is -2.07. The number of fused-ring (bicyclic) bond motifs is 1. The molecule has 0 unspecified atom stereocenters. The number of nitrogens with one attached hydrogen (secondary N) is 1. The molecule has 0 saturated carbocycles. The molecule has 0 aliphatic rings. The van der Waals surface area contributed by atoms with E-state index in [1.807, 2.05) is 13.0 Å². The Morgan fingerprint density at radius 3 is 2.86 bits per heavy atom. The van der Waals surface area contributed by atoms with Crippen LogP contribution in [-0.4, -0.2) is 35.9 Å². The van der Waals surface area contributed by atoms with Crippen LogP contribution in [0.15, 0.2) is 40.5 Å². The van der Waals surface area contributed by atoms with Crippen LogP contribution in [0.1, 0.15) is 17.4 Å². The summed E-state index contributed by atoms with van der Waals surface area (Å²) in [6, 6.07) is 7.07. The van der Waals surface area contributed by atoms with Crippen LogP contribution >= 0.6 is 11.3 Å². The molecule has 1 amide bonds. The maximum absolute atomic E-state index is 12.5. The van der Waals surface area contributed by atoms with Gasteiger partial charge in [0.05, 0.1) is 32.1 Å². The molecule has 0 fully saturated rings. The van der Waals surface area contributed by atoms with Crippen LogP contribution in [0.25, 0.3) is 10.2 Å². The second-order valence-corrected chi connectivity index (χ2v) is 6.98. The first-order valence-electron chi connectivity index (χ1n) is 8.57. The largest absolute Gasteiger partial charge is 0.497 e. The zero-order valence-electron chi connectivity index (χ0n) is 15.8. The minimum absolute atomic E-state index is 0.175. The molecule has 1 aromatic carbocycles. The molecule has 0 bridgehead atoms. The number of ether oxygens (including phenoxy) is 2. The highest BCUT2D eigenvalue weighted by Gasteiger charge is 2.10. The summed E-state index contributed by atoms with van der Waals surface area (Å²) in [6.45, 7) is 1.84. The first-order chi connectivity index (χ1) is 13.5. The zero-order valence-corrected chi connectivity index (χ0v) is 16.6. The fraction of sp³-hybridized carbons (Fsp3) is 0.263. The number of rotatable bonds is 7. The van der Waals surface area contributed by atoms with E-state index < -0.39 is 5.91 Å². The minimum atomic E-state index is -0.438. The van der Waals surface area contributed by atoms with E-state index >= 15 is 0 Å². The van der Waals surface area contributed by atoms with Crippen molar-refractivity contribution in [3.8, 4) is 11.5 Å². The van der Waals surface area contributed by atoms with Gasteiger partial charge in [-0.25, -0.2) is 10.4 Å². The number of carbonyl (C=O) groups excluding carboxylic acids is 1. The number of amides is 1. The SMILES string of the molecule is CCc1cc2c(=O)n(CC(=O)NN=Cc3cc(OC)ccc3OC)cnc2s1. The van der Waals surface area contributed by atoms with Crippen molar-refractivity contribution in [2.45, 2.75) is 19.9 Å². The molecule has 0 radical (unpaired) electrons. The van der Waals surface area contributed by atoms with E-state index in [0.717, 1.165) is 11.3 Å². The highest BCUT2D eigenvalue weighted by atomic mass is 32.1. The molecule has 0 aliphatic heterocycles. The van der Waals surface area contributed by atoms with E-state index in [1.54, 1.807) is 32.4 Å². The van der Waals surface area contributed by atoms with Crippen LogP contribution in [0.2, 0.25) is 0 Å². The van der Waals surface area contributed by atoms with E-state index in [1.165, 1.54) is 28.4 Å². The molecule has 2 heterocycles. The van der Waals surface area contributed by atoms with Crippen molar-refractivity contribution in [2.24, 2.45) is 5.10 Å². The van der Waals surface area contributed by atoms with Gasteiger partial charge in [0.15, 0.2) is 0 Å². The van der Waals surface area contributed by atoms with Gasteiger partial charge in [-0.05, 0) is 30.7 Å². The van der Waals surface area contributed by atoms with Gasteiger partial charge in [0.25, 0.3) is 11.5 Å². The molecule has 1 N–H and O–H groups in total. The number of methoxy groups -OCH3 is 2. The standard InChI is InChI=1S/C19H20N4O4S/c1-4-14-8-15-18(28-14)20-11-23(19(15)25)10-17(24)22-21-9-12-7-13(26-2)5-6-16(12)27-3/h5-9,11H,4,10H2,1-3H3,(H,22,24). The summed E-state index contributed by atoms with van der Waals surface area (Å²) in [4.78, 5) is 30.7. The summed E-state index contributed by atoms with van der Waals surface area (Å²) < 4.78 is 11.7. The molecular weight excluding hydrogens is 380 g/mol. The fourth-order valence-electron chi connectivity index (χ4n) is 2.60. The van der Waals surface area contributed by atoms with Gasteiger partial charge in [0, 0.05) is 10.4 Å². The lowest BCUT2D eigenvalue weighted by atomic mass is 10.2. The van der Waals surface area contributed by atoms with Crippen LogP contribution in [-0.2, 0) is 17.8 Å². The highest BCUT2D eigenvalue weighted by Crippen LogP contribution is 2.22. The van der Waals surface area contributed by atoms with Crippen LogP contribution in [0.4, 0.5) is 0 Å². The normalized spacial score (nSPS) is 11.1. The van der Waals surface area contributed by atoms with Gasteiger partial charge in [-0.15, -0.1) is 11.3 Å². The monoisotopic (exact) mass is 400 g/mol. The third kappa shape index (κ3) is 4.20. The topological polar surface area (TPSA) is 94.8 Å². The third-order valence-electron chi connectivity index (χ3n) is 4.06. The van der Waals surface area contributed by atoms with Crippen LogP contribution in [0.5, 0.6) is 11.5 Å². The molecule has 8 nitrogen and oxygen atoms in total. The number of carbonyl (C=O) groups is 1. The lowest BCUT2D eigenvalue weighted by molar-refractivity contribution is -0.121. The summed E-state index contributed by atoms with van der Waals surface area (Å²) >= 11 is 1.49. The lowest BCUT2D eigenvalue weighted by Crippen LogP contribution is -2.29. The number of hydrazone groups is 1. The van der Waals surface area contributed by atoms with E-state index in [2.05, 4.69) is 15.5 Å². The molecule has 146 valence electrons. The van der Waals surface area contributed by atoms with Crippen molar-refractivity contribution < 1.29 is 14.3 Å². The summed E-state index contributed by atoms with van der Waals surface area (Å²) in [5, 5.41) is 4.47. The molecule has 3 aromatic rings. The molecule has 0 aliphatic carbocycles. The quantitative estimate of drug-likeness (QED) is 0.485. The molecule has 2 aromatic heterocycles. The molecule has 0 saturated heterocycles. The van der Waals surface area contributed by atoms with E-state index in [9.17, 15) is 9.59 Å². The van der Waals surface area contributed by atoms with Crippen molar-refractivity contribution in [2.75, 3.05) is 14.2 Å². The van der Waals surface area contributed by atoms with Gasteiger partial charge >= 0.3 is 0 Å². The summed E-state index contributed by atoms with van der Waals surface area (Å²) in [5.41, 5.74) is 2.81. The number of aromatic nitrogens is 2. The number of benzene rings is 1. The summed E-state index contributed by atoms with van der Waals surface area (Å²) in [7, 11) is 3.10. The third-order valence-corrected chi connectivity index (χ3v) is 5.25. The Morgan fingerprint density at radius 2 is 2.14 bits per heavy atom. The Kier molecular flexibility index (Phi) is 6.05. The highest BCUT2D eigenvalue weighted by molar-refractivity contribution is 7.18. The number of aryl methyl sites for hydroxylation is 1. The fourth-order valence-corrected chi connectivity index (χ4v) is 3.53. The predicted octanol–water partition coefficient (Wildman–Crippen LogP) is 2.19. The number of nitrogens with zero attached hydrogens (tertiary/aromatic N) is 3. The van der Waals surface area contributed by atoms with E-state index in [-0.39, 0.29) is 12.1 Å². The molecule has 28 heavy (non-hydrogen) atoms. The molecular formula is C19H20N4O4S. The van der Waals surface area contributed by atoms with Crippen LogP contribution in [0.3, 0.4) is 0 Å². The maximum atomic E-state index is 12.5. The van der Waals surface area contributed by atoms with E-state index in [0.29, 0.717) is 27.3 Å². The molecule has 0 spiro atoms. The van der Waals surface area contributed by atoms with Gasteiger partial charge in [-0.2, -0.15) is 5.10 Å². The number of hydrogen-bond acceptors (Lipinski definition) is 7. The Morgan fingerprint density at radius 1 is 1.32 bits per heavy atom. The Balaban J connectivity index is 1.71. The van der Waals surface area contributed by atoms with E-state index in [4.69, 9.17) is 9.47 Å². The van der Waals surface area contributed by atoms with Gasteiger partial charge in [0.2, 0.25) is 0 Å². The molecule has 9 heteroatoms. The van der Waals surface area contributed by atoms with Crippen molar-refractivity contribution >= 4 is 33.7 Å². The average molecular weight is 400 g/mol. The van der Waals surface area contributed by atoms with Gasteiger partial charge in [-0.1, -0.05) is 6.92 Å². The second-order valence-electron chi connectivity index (χ2n) is 5.86. The number of hydrogen-bond donors (Lipinski definition) is 1.